The first-order valence-electron chi connectivity index (χ1n) is 16.1. The molecule has 0 aliphatic carbocycles. The number of imide groups is 1. The standard InChI is InChI=1S/C36H42ClN5O6S/c1-8-35(4,5)25-20-22(2)14-17-28(25)48-19-11-18-41-31(38-26-12-9-10-13-29(26)49(41,46)47)30(42-33(44)36(6,7)40-34(42)45)32(43)39-27-21-24(37)16-15-23(27)3/h9-10,12-17,20-21,30H,8,11,18-19H2,1-7H3,(H,39,43)(H,40,45). The molecule has 0 aromatic heterocycles. The molecule has 1 unspecified atom stereocenters. The van der Waals surface area contributed by atoms with Crippen LogP contribution >= 0.6 is 11.6 Å². The van der Waals surface area contributed by atoms with E-state index in [-0.39, 0.29) is 41.4 Å². The molecule has 2 aliphatic heterocycles. The van der Waals surface area contributed by atoms with E-state index in [4.69, 9.17) is 16.3 Å². The van der Waals surface area contributed by atoms with Crippen molar-refractivity contribution in [2.45, 2.75) is 83.2 Å². The summed E-state index contributed by atoms with van der Waals surface area (Å²) < 4.78 is 35.8. The third-order valence-corrected chi connectivity index (χ3v) is 11.1. The first-order valence-corrected chi connectivity index (χ1v) is 18.0. The number of para-hydroxylation sites is 1. The van der Waals surface area contributed by atoms with Crippen molar-refractivity contribution < 1.29 is 27.5 Å². The predicted molar refractivity (Wildman–Crippen MR) is 190 cm³/mol. The lowest BCUT2D eigenvalue weighted by Gasteiger charge is -2.36. The van der Waals surface area contributed by atoms with Crippen LogP contribution < -0.4 is 15.4 Å². The number of nitrogens with zero attached hydrogens (tertiary/aromatic N) is 3. The van der Waals surface area contributed by atoms with Crippen LogP contribution in [0.15, 0.2) is 70.6 Å². The van der Waals surface area contributed by atoms with E-state index in [1.54, 1.807) is 31.2 Å². The summed E-state index contributed by atoms with van der Waals surface area (Å²) in [7, 11) is -4.30. The first kappa shape index (κ1) is 35.9. The Hall–Kier alpha value is -4.42. The highest BCUT2D eigenvalue weighted by Gasteiger charge is 2.53. The molecule has 3 aromatic carbocycles. The number of nitrogens with one attached hydrogen (secondary N) is 2. The number of urea groups is 1. The number of halogens is 1. The van der Waals surface area contributed by atoms with Gasteiger partial charge >= 0.3 is 6.03 Å². The molecule has 11 nitrogen and oxygen atoms in total. The number of ether oxygens (including phenoxy) is 1. The summed E-state index contributed by atoms with van der Waals surface area (Å²) >= 11 is 6.22. The van der Waals surface area contributed by atoms with Crippen molar-refractivity contribution >= 4 is 56.7 Å². The fourth-order valence-electron chi connectivity index (χ4n) is 5.79. The number of rotatable bonds is 11. The minimum absolute atomic E-state index is 0.0624. The third kappa shape index (κ3) is 7.02. The average molecular weight is 708 g/mol. The summed E-state index contributed by atoms with van der Waals surface area (Å²) in [6.07, 6.45) is 1.09. The molecule has 260 valence electrons. The van der Waals surface area contributed by atoms with Gasteiger partial charge in [-0.05, 0) is 81.0 Å². The Morgan fingerprint density at radius 1 is 1.08 bits per heavy atom. The van der Waals surface area contributed by atoms with Crippen molar-refractivity contribution in [3.05, 3.63) is 82.4 Å². The number of anilines is 1. The zero-order valence-electron chi connectivity index (χ0n) is 28.8. The van der Waals surface area contributed by atoms with Crippen LogP contribution in [0.1, 0.15) is 64.2 Å². The molecule has 2 heterocycles. The molecule has 0 spiro atoms. The second kappa shape index (κ2) is 13.5. The fraction of sp³-hybridized carbons (Fsp3) is 0.389. The van der Waals surface area contributed by atoms with Crippen molar-refractivity contribution in [2.75, 3.05) is 18.5 Å². The highest BCUT2D eigenvalue weighted by molar-refractivity contribution is 7.90. The Balaban J connectivity index is 1.54. The summed E-state index contributed by atoms with van der Waals surface area (Å²) in [4.78, 5) is 46.7. The number of sulfonamides is 1. The van der Waals surface area contributed by atoms with E-state index in [1.165, 1.54) is 32.0 Å². The molecule has 4 amide bonds. The van der Waals surface area contributed by atoms with Gasteiger partial charge in [-0.2, -0.15) is 0 Å². The topological polar surface area (TPSA) is 137 Å². The van der Waals surface area contributed by atoms with E-state index in [2.05, 4.69) is 42.5 Å². The highest BCUT2D eigenvalue weighted by atomic mass is 35.5. The quantitative estimate of drug-likeness (QED) is 0.173. The van der Waals surface area contributed by atoms with Crippen LogP contribution in [0.2, 0.25) is 5.02 Å². The summed E-state index contributed by atoms with van der Waals surface area (Å²) in [5.74, 6) is -1.14. The van der Waals surface area contributed by atoms with E-state index in [0.29, 0.717) is 22.0 Å². The lowest BCUT2D eigenvalue weighted by Crippen LogP contribution is -2.59. The second-order valence-corrected chi connectivity index (χ2v) is 15.8. The van der Waals surface area contributed by atoms with Gasteiger partial charge in [0.15, 0.2) is 11.9 Å². The number of amides is 4. The molecule has 5 rings (SSSR count). The van der Waals surface area contributed by atoms with Crippen molar-refractivity contribution in [2.24, 2.45) is 4.99 Å². The number of fused-ring (bicyclic) bond motifs is 1. The molecule has 0 bridgehead atoms. The highest BCUT2D eigenvalue weighted by Crippen LogP contribution is 2.37. The van der Waals surface area contributed by atoms with Crippen LogP contribution in [0.3, 0.4) is 0 Å². The van der Waals surface area contributed by atoms with E-state index in [0.717, 1.165) is 26.8 Å². The van der Waals surface area contributed by atoms with Crippen LogP contribution in [0, 0.1) is 13.8 Å². The SMILES string of the molecule is CCC(C)(C)c1cc(C)ccc1OCCCN1C(C(C(=O)Nc2cc(Cl)ccc2C)N2C(=O)NC(C)(C)C2=O)=Nc2ccccc2S1(=O)=O. The molecule has 1 saturated heterocycles. The average Bonchev–Trinajstić information content (AvgIpc) is 3.24. The van der Waals surface area contributed by atoms with Crippen LogP contribution in [-0.2, 0) is 25.0 Å². The van der Waals surface area contributed by atoms with Gasteiger partial charge in [-0.3, -0.25) is 13.9 Å². The van der Waals surface area contributed by atoms with E-state index in [1.807, 2.05) is 19.1 Å². The molecule has 49 heavy (non-hydrogen) atoms. The third-order valence-electron chi connectivity index (χ3n) is 9.04. The summed E-state index contributed by atoms with van der Waals surface area (Å²) in [5.41, 5.74) is 1.71. The maximum atomic E-state index is 14.3. The maximum absolute atomic E-state index is 14.3. The monoisotopic (exact) mass is 707 g/mol. The van der Waals surface area contributed by atoms with Crippen molar-refractivity contribution in [1.29, 1.82) is 0 Å². The zero-order chi connectivity index (χ0) is 35.9. The molecular formula is C36H42ClN5O6S. The lowest BCUT2D eigenvalue weighted by atomic mass is 9.81. The van der Waals surface area contributed by atoms with Crippen LogP contribution in [0.4, 0.5) is 16.2 Å². The Kier molecular flexibility index (Phi) is 9.86. The van der Waals surface area contributed by atoms with E-state index in [9.17, 15) is 22.8 Å². The lowest BCUT2D eigenvalue weighted by molar-refractivity contribution is -0.134. The van der Waals surface area contributed by atoms with Gasteiger partial charge < -0.3 is 15.4 Å². The van der Waals surface area contributed by atoms with Gasteiger partial charge in [0.1, 0.15) is 16.2 Å². The molecule has 0 radical (unpaired) electrons. The number of hydrogen-bond acceptors (Lipinski definition) is 7. The smallest absolute Gasteiger partial charge is 0.326 e. The molecule has 2 aliphatic rings. The number of carbonyl (C=O) groups is 3. The van der Waals surface area contributed by atoms with Crippen molar-refractivity contribution in [1.82, 2.24) is 14.5 Å². The normalized spacial score (nSPS) is 17.3. The number of benzene rings is 3. The molecule has 3 aromatic rings. The Labute approximate surface area is 292 Å². The molecule has 2 N–H and O–H groups in total. The summed E-state index contributed by atoms with van der Waals surface area (Å²) in [6.45, 7) is 13.2. The second-order valence-electron chi connectivity index (χ2n) is 13.5. The van der Waals surface area contributed by atoms with Crippen LogP contribution in [-0.4, -0.2) is 66.0 Å². The molecule has 1 fully saturated rings. The van der Waals surface area contributed by atoms with Gasteiger partial charge in [0, 0.05) is 23.7 Å². The van der Waals surface area contributed by atoms with Gasteiger partial charge in [0.25, 0.3) is 21.8 Å². The van der Waals surface area contributed by atoms with Crippen molar-refractivity contribution in [3.63, 3.8) is 0 Å². The fourth-order valence-corrected chi connectivity index (χ4v) is 7.58. The van der Waals surface area contributed by atoms with Crippen LogP contribution in [0.25, 0.3) is 0 Å². The van der Waals surface area contributed by atoms with Gasteiger partial charge in [-0.15, -0.1) is 0 Å². The van der Waals surface area contributed by atoms with Gasteiger partial charge in [0.05, 0.1) is 12.3 Å². The Morgan fingerprint density at radius 3 is 2.47 bits per heavy atom. The molecular weight excluding hydrogens is 666 g/mol. The molecule has 0 saturated carbocycles. The largest absolute Gasteiger partial charge is 0.493 e. The number of hydrogen-bond donors (Lipinski definition) is 2. The molecule has 1 atom stereocenters. The first-order chi connectivity index (χ1) is 23.0. The van der Waals surface area contributed by atoms with E-state index >= 15 is 0 Å². The summed E-state index contributed by atoms with van der Waals surface area (Å²) in [5, 5.41) is 5.70. The van der Waals surface area contributed by atoms with Crippen LogP contribution in [0.5, 0.6) is 5.75 Å². The predicted octanol–water partition coefficient (Wildman–Crippen LogP) is 6.49. The van der Waals surface area contributed by atoms with Gasteiger partial charge in [0.2, 0.25) is 0 Å². The van der Waals surface area contributed by atoms with E-state index < -0.39 is 39.4 Å². The summed E-state index contributed by atoms with van der Waals surface area (Å²) in [6, 6.07) is 14.4. The zero-order valence-corrected chi connectivity index (χ0v) is 30.3. The van der Waals surface area contributed by atoms with Crippen molar-refractivity contribution in [3.8, 4) is 5.75 Å². The number of aryl methyl sites for hydroxylation is 2. The minimum atomic E-state index is -4.30. The number of amidine groups is 1. The minimum Gasteiger partial charge on any atom is -0.493 e. The number of carbonyl (C=O) groups excluding carboxylic acids is 3. The molecule has 13 heteroatoms. The Morgan fingerprint density at radius 2 is 1.80 bits per heavy atom. The maximum Gasteiger partial charge on any atom is 0.326 e. The van der Waals surface area contributed by atoms with Gasteiger partial charge in [-0.25, -0.2) is 23.1 Å². The number of aliphatic imine (C=N–C) groups is 1. The Bertz CT molecular complexity index is 1960. The van der Waals surface area contributed by atoms with Gasteiger partial charge in [-0.1, -0.05) is 68.3 Å².